The summed E-state index contributed by atoms with van der Waals surface area (Å²) < 4.78 is 0. The van der Waals surface area contributed by atoms with Crippen molar-refractivity contribution in [3.8, 4) is 23.7 Å². The number of nitrogens with one attached hydrogen (secondary N) is 2. The van der Waals surface area contributed by atoms with Crippen molar-refractivity contribution >= 4 is 23.4 Å². The zero-order chi connectivity index (χ0) is 27.1. The van der Waals surface area contributed by atoms with Crippen LogP contribution in [0.25, 0.3) is 0 Å². The lowest BCUT2D eigenvalue weighted by atomic mass is 9.95. The minimum atomic E-state index is -1.07. The highest BCUT2D eigenvalue weighted by Gasteiger charge is 2.40. The highest BCUT2D eigenvalue weighted by atomic mass is 16.5. The molecule has 9 heteroatoms. The molecule has 0 aromatic heterocycles. The van der Waals surface area contributed by atoms with Gasteiger partial charge in [0.05, 0.1) is 6.54 Å². The first-order valence-corrected chi connectivity index (χ1v) is 12.6. The van der Waals surface area contributed by atoms with Crippen molar-refractivity contribution in [1.29, 1.82) is 0 Å². The molecule has 7 N–H and O–H groups in total. The van der Waals surface area contributed by atoms with Crippen molar-refractivity contribution in [2.45, 2.75) is 37.8 Å². The second kappa shape index (κ2) is 12.4. The van der Waals surface area contributed by atoms with Gasteiger partial charge in [0.1, 0.15) is 6.04 Å². The van der Waals surface area contributed by atoms with E-state index in [1.807, 2.05) is 0 Å². The van der Waals surface area contributed by atoms with Crippen molar-refractivity contribution in [1.82, 2.24) is 10.8 Å². The fourth-order valence-corrected chi connectivity index (χ4v) is 5.33. The van der Waals surface area contributed by atoms with Gasteiger partial charge in [0.15, 0.2) is 0 Å². The average Bonchev–Trinajstić information content (AvgIpc) is 3.57. The average molecular weight is 514 g/mol. The van der Waals surface area contributed by atoms with Gasteiger partial charge in [0.25, 0.3) is 5.91 Å². The van der Waals surface area contributed by atoms with Crippen LogP contribution in [0.4, 0.5) is 5.69 Å². The van der Waals surface area contributed by atoms with Gasteiger partial charge in [-0.15, -0.1) is 0 Å². The maximum atomic E-state index is 13.3. The Morgan fingerprint density at radius 2 is 1.61 bits per heavy atom. The largest absolute Gasteiger partial charge is 0.366 e. The smallest absolute Gasteiger partial charge is 0.267 e. The molecular weight excluding hydrogens is 482 g/mol. The van der Waals surface area contributed by atoms with E-state index in [9.17, 15) is 19.6 Å². The number of hydrogen-bond donors (Lipinski definition) is 5. The first-order valence-electron chi connectivity index (χ1n) is 12.6. The van der Waals surface area contributed by atoms with Gasteiger partial charge >= 0.3 is 0 Å². The number of fused-ring (bicyclic) bond motifs is 2. The summed E-state index contributed by atoms with van der Waals surface area (Å²) in [6.07, 6.45) is 4.74. The SMILES string of the molecule is NC[C@@H](C(=O)NO)N(C(=O)CNC1CC2CCC1C2)c1ccc(C#CC#Cc2ccc(C(N)=O)cc2)cc1. The van der Waals surface area contributed by atoms with Crippen molar-refractivity contribution in [3.05, 3.63) is 65.2 Å². The molecule has 38 heavy (non-hydrogen) atoms. The van der Waals surface area contributed by atoms with Gasteiger partial charge in [-0.1, -0.05) is 18.3 Å². The van der Waals surface area contributed by atoms with E-state index in [2.05, 4.69) is 29.0 Å². The Bertz CT molecular complexity index is 1300. The molecule has 0 saturated heterocycles. The Hall–Kier alpha value is -4.15. The first-order chi connectivity index (χ1) is 18.4. The lowest BCUT2D eigenvalue weighted by Gasteiger charge is -2.31. The van der Waals surface area contributed by atoms with Gasteiger partial charge < -0.3 is 16.8 Å². The van der Waals surface area contributed by atoms with Gasteiger partial charge in [-0.2, -0.15) is 0 Å². The van der Waals surface area contributed by atoms with Crippen LogP contribution in [0, 0.1) is 35.5 Å². The third kappa shape index (κ3) is 6.39. The molecule has 0 aliphatic heterocycles. The molecule has 4 atom stereocenters. The summed E-state index contributed by atoms with van der Waals surface area (Å²) in [5.74, 6) is 11.1. The van der Waals surface area contributed by atoms with E-state index in [4.69, 9.17) is 11.5 Å². The number of carbonyl (C=O) groups is 3. The molecule has 2 aliphatic carbocycles. The first kappa shape index (κ1) is 26.9. The van der Waals surface area contributed by atoms with Crippen LogP contribution in [-0.2, 0) is 9.59 Å². The number of benzene rings is 2. The molecule has 2 bridgehead atoms. The summed E-state index contributed by atoms with van der Waals surface area (Å²) in [7, 11) is 0. The number of anilines is 1. The Labute approximate surface area is 221 Å². The molecule has 2 aromatic carbocycles. The molecule has 196 valence electrons. The monoisotopic (exact) mass is 513 g/mol. The standard InChI is InChI=1S/C29H31N5O4/c30-17-26(29(37)33-38)34(27(35)18-32-25-16-21-7-12-23(25)15-21)24-13-8-20(9-14-24)4-2-1-3-19-5-10-22(11-6-19)28(31)36/h5-6,8-11,13-14,21,23,25-26,32,38H,7,12,15-18,30H2,(H2,31,36)(H,33,37)/t21?,23?,25?,26-/m0/s1. The quantitative estimate of drug-likeness (QED) is 0.203. The van der Waals surface area contributed by atoms with Crippen LogP contribution in [0.5, 0.6) is 0 Å². The Morgan fingerprint density at radius 1 is 0.974 bits per heavy atom. The van der Waals surface area contributed by atoms with E-state index in [0.717, 1.165) is 12.3 Å². The van der Waals surface area contributed by atoms with Crippen LogP contribution < -0.4 is 27.2 Å². The Balaban J connectivity index is 1.45. The summed E-state index contributed by atoms with van der Waals surface area (Å²) in [5, 5.41) is 12.6. The summed E-state index contributed by atoms with van der Waals surface area (Å²) in [5.41, 5.74) is 14.9. The Morgan fingerprint density at radius 3 is 2.11 bits per heavy atom. The van der Waals surface area contributed by atoms with E-state index < -0.39 is 17.9 Å². The van der Waals surface area contributed by atoms with E-state index in [0.29, 0.717) is 34.3 Å². The lowest BCUT2D eigenvalue weighted by molar-refractivity contribution is -0.132. The molecule has 0 heterocycles. The number of nitrogens with zero attached hydrogens (tertiary/aromatic N) is 1. The van der Waals surface area contributed by atoms with E-state index in [1.165, 1.54) is 24.2 Å². The number of hydrogen-bond acceptors (Lipinski definition) is 6. The van der Waals surface area contributed by atoms with Crippen molar-refractivity contribution < 1.29 is 19.6 Å². The zero-order valence-corrected chi connectivity index (χ0v) is 20.9. The minimum absolute atomic E-state index is 0.0701. The molecule has 3 unspecified atom stereocenters. The second-order valence-corrected chi connectivity index (χ2v) is 9.64. The normalized spacial score (nSPS) is 19.9. The number of carbonyl (C=O) groups excluding carboxylic acids is 3. The number of amides is 3. The van der Waals surface area contributed by atoms with Gasteiger partial charge in [-0.3, -0.25) is 24.5 Å². The molecule has 2 saturated carbocycles. The molecule has 2 aliphatic rings. The van der Waals surface area contributed by atoms with Crippen LogP contribution in [-0.4, -0.2) is 48.1 Å². The summed E-state index contributed by atoms with van der Waals surface area (Å²) in [6.45, 7) is -0.0928. The predicted octanol–water partition coefficient (Wildman–Crippen LogP) is 1.13. The van der Waals surface area contributed by atoms with Crippen molar-refractivity contribution in [3.63, 3.8) is 0 Å². The van der Waals surface area contributed by atoms with Crippen molar-refractivity contribution in [2.75, 3.05) is 18.0 Å². The zero-order valence-electron chi connectivity index (χ0n) is 20.9. The summed E-state index contributed by atoms with van der Waals surface area (Å²) in [4.78, 5) is 38.1. The van der Waals surface area contributed by atoms with Crippen LogP contribution in [0.3, 0.4) is 0 Å². The van der Waals surface area contributed by atoms with Gasteiger partial charge in [-0.25, -0.2) is 5.48 Å². The van der Waals surface area contributed by atoms with Crippen LogP contribution >= 0.6 is 0 Å². The fraction of sp³-hybridized carbons (Fsp3) is 0.345. The highest BCUT2D eigenvalue weighted by molar-refractivity contribution is 6.01. The molecule has 9 nitrogen and oxygen atoms in total. The molecule has 4 rings (SSSR count). The summed E-state index contributed by atoms with van der Waals surface area (Å²) in [6, 6.07) is 12.6. The Kier molecular flexibility index (Phi) is 8.77. The topological polar surface area (TPSA) is 151 Å². The number of hydroxylamine groups is 1. The van der Waals surface area contributed by atoms with E-state index in [-0.39, 0.29) is 19.0 Å². The third-order valence-electron chi connectivity index (χ3n) is 7.26. The maximum absolute atomic E-state index is 13.3. The van der Waals surface area contributed by atoms with Crippen LogP contribution in [0.15, 0.2) is 48.5 Å². The molecule has 2 aromatic rings. The molecule has 0 spiro atoms. The van der Waals surface area contributed by atoms with Gasteiger partial charge in [0.2, 0.25) is 11.8 Å². The number of primary amides is 1. The molecule has 3 amide bonds. The van der Waals surface area contributed by atoms with Crippen molar-refractivity contribution in [2.24, 2.45) is 23.3 Å². The summed E-state index contributed by atoms with van der Waals surface area (Å²) >= 11 is 0. The molecular formula is C29H31N5O4. The fourth-order valence-electron chi connectivity index (χ4n) is 5.33. The van der Waals surface area contributed by atoms with Crippen LogP contribution in [0.2, 0.25) is 0 Å². The van der Waals surface area contributed by atoms with Gasteiger partial charge in [-0.05, 0) is 91.5 Å². The maximum Gasteiger partial charge on any atom is 0.267 e. The highest BCUT2D eigenvalue weighted by Crippen LogP contribution is 2.44. The predicted molar refractivity (Wildman–Crippen MR) is 143 cm³/mol. The lowest BCUT2D eigenvalue weighted by Crippen LogP contribution is -2.55. The molecule has 0 radical (unpaired) electrons. The third-order valence-corrected chi connectivity index (χ3v) is 7.26. The van der Waals surface area contributed by atoms with Crippen LogP contribution in [0.1, 0.15) is 47.2 Å². The second-order valence-electron chi connectivity index (χ2n) is 9.64. The number of nitrogens with two attached hydrogens (primary N) is 2. The minimum Gasteiger partial charge on any atom is -0.366 e. The van der Waals surface area contributed by atoms with E-state index in [1.54, 1.807) is 54.0 Å². The molecule has 2 fully saturated rings. The van der Waals surface area contributed by atoms with E-state index >= 15 is 0 Å². The number of rotatable bonds is 8. The van der Waals surface area contributed by atoms with Gasteiger partial charge in [0, 0.05) is 35.0 Å².